The fraction of sp³-hybridized carbons (Fsp3) is 0.409. The third-order valence-electron chi connectivity index (χ3n) is 5.61. The average Bonchev–Trinajstić information content (AvgIpc) is 3.30. The molecule has 160 valence electrons. The van der Waals surface area contributed by atoms with Gasteiger partial charge < -0.3 is 9.64 Å². The van der Waals surface area contributed by atoms with Crippen molar-refractivity contribution in [1.82, 2.24) is 4.31 Å². The highest BCUT2D eigenvalue weighted by atomic mass is 32.2. The summed E-state index contributed by atoms with van der Waals surface area (Å²) in [4.78, 5) is 15.0. The fourth-order valence-corrected chi connectivity index (χ4v) is 5.60. The highest BCUT2D eigenvalue weighted by Crippen LogP contribution is 2.32. The van der Waals surface area contributed by atoms with E-state index < -0.39 is 16.1 Å². The molecule has 0 spiro atoms. The number of hydrogen-bond donors (Lipinski definition) is 0. The molecular formula is C22H25FN2O4S. The number of halogens is 1. The number of rotatable bonds is 5. The largest absolute Gasteiger partial charge is 0.481 e. The van der Waals surface area contributed by atoms with Gasteiger partial charge in [-0.15, -0.1) is 0 Å². The summed E-state index contributed by atoms with van der Waals surface area (Å²) in [6, 6.07) is 10.5. The van der Waals surface area contributed by atoms with Gasteiger partial charge in [-0.25, -0.2) is 12.8 Å². The maximum absolute atomic E-state index is 13.1. The molecule has 4 rings (SSSR count). The van der Waals surface area contributed by atoms with Crippen LogP contribution in [0.4, 0.5) is 10.1 Å². The van der Waals surface area contributed by atoms with Gasteiger partial charge in [0.15, 0.2) is 6.10 Å². The highest BCUT2D eigenvalue weighted by Gasteiger charge is 2.31. The second-order valence-electron chi connectivity index (χ2n) is 7.71. The lowest BCUT2D eigenvalue weighted by Gasteiger charge is -2.32. The van der Waals surface area contributed by atoms with Crippen molar-refractivity contribution >= 4 is 21.6 Å². The van der Waals surface area contributed by atoms with Crippen LogP contribution in [0.1, 0.15) is 31.7 Å². The minimum atomic E-state index is -3.50. The van der Waals surface area contributed by atoms with Crippen molar-refractivity contribution in [3.63, 3.8) is 0 Å². The van der Waals surface area contributed by atoms with Gasteiger partial charge in [0.1, 0.15) is 11.6 Å². The van der Waals surface area contributed by atoms with E-state index in [1.54, 1.807) is 30.0 Å². The molecule has 2 aromatic carbocycles. The molecule has 2 aliphatic heterocycles. The van der Waals surface area contributed by atoms with Gasteiger partial charge in [0.05, 0.1) is 4.90 Å². The van der Waals surface area contributed by atoms with Gasteiger partial charge in [-0.3, -0.25) is 4.79 Å². The number of anilines is 1. The smallest absolute Gasteiger partial charge is 0.267 e. The first-order valence-electron chi connectivity index (χ1n) is 10.2. The number of amides is 1. The van der Waals surface area contributed by atoms with Crippen LogP contribution in [-0.4, -0.2) is 44.4 Å². The topological polar surface area (TPSA) is 66.9 Å². The molecule has 0 aromatic heterocycles. The van der Waals surface area contributed by atoms with E-state index in [4.69, 9.17) is 4.74 Å². The van der Waals surface area contributed by atoms with Crippen molar-refractivity contribution in [1.29, 1.82) is 0 Å². The van der Waals surface area contributed by atoms with E-state index in [0.29, 0.717) is 25.4 Å². The maximum atomic E-state index is 13.1. The maximum Gasteiger partial charge on any atom is 0.267 e. The number of benzene rings is 2. The first-order valence-corrected chi connectivity index (χ1v) is 11.7. The molecular weight excluding hydrogens is 407 g/mol. The average molecular weight is 433 g/mol. The Morgan fingerprint density at radius 3 is 2.43 bits per heavy atom. The Morgan fingerprint density at radius 1 is 1.03 bits per heavy atom. The Labute approximate surface area is 176 Å². The van der Waals surface area contributed by atoms with Crippen molar-refractivity contribution in [2.45, 2.75) is 43.6 Å². The van der Waals surface area contributed by atoms with E-state index in [0.717, 1.165) is 36.9 Å². The highest BCUT2D eigenvalue weighted by molar-refractivity contribution is 7.89. The minimum Gasteiger partial charge on any atom is -0.481 e. The lowest BCUT2D eigenvalue weighted by molar-refractivity contribution is -0.124. The number of fused-ring (bicyclic) bond motifs is 1. The Morgan fingerprint density at radius 2 is 1.73 bits per heavy atom. The van der Waals surface area contributed by atoms with E-state index >= 15 is 0 Å². The van der Waals surface area contributed by atoms with E-state index in [-0.39, 0.29) is 16.6 Å². The molecule has 0 saturated carbocycles. The summed E-state index contributed by atoms with van der Waals surface area (Å²) in [5.41, 5.74) is 1.57. The zero-order valence-corrected chi connectivity index (χ0v) is 17.7. The van der Waals surface area contributed by atoms with Crippen LogP contribution in [0.25, 0.3) is 0 Å². The molecule has 1 atom stereocenters. The summed E-state index contributed by atoms with van der Waals surface area (Å²) < 4.78 is 46.0. The standard InChI is InChI=1S/C22H25FN2O4S/c1-16(29-19-8-6-18(23)7-9-19)22(26)25-14-4-5-17-15-20(10-11-21(17)25)30(27,28)24-12-2-3-13-24/h6-11,15-16H,2-5,12-14H2,1H3/t16-/m1/s1. The van der Waals surface area contributed by atoms with Gasteiger partial charge in [0.25, 0.3) is 5.91 Å². The van der Waals surface area contributed by atoms with Crippen LogP contribution >= 0.6 is 0 Å². The van der Waals surface area contributed by atoms with Crippen molar-refractivity contribution < 1.29 is 22.3 Å². The second-order valence-corrected chi connectivity index (χ2v) is 9.65. The third kappa shape index (κ3) is 4.06. The molecule has 0 unspecified atom stereocenters. The van der Waals surface area contributed by atoms with Crippen molar-refractivity contribution in [2.75, 3.05) is 24.5 Å². The molecule has 30 heavy (non-hydrogen) atoms. The lowest BCUT2D eigenvalue weighted by Crippen LogP contribution is -2.43. The van der Waals surface area contributed by atoms with E-state index in [2.05, 4.69) is 0 Å². The number of hydrogen-bond acceptors (Lipinski definition) is 4. The molecule has 0 N–H and O–H groups in total. The minimum absolute atomic E-state index is 0.213. The third-order valence-corrected chi connectivity index (χ3v) is 7.51. The number of sulfonamides is 1. The van der Waals surface area contributed by atoms with Crippen molar-refractivity contribution in [3.8, 4) is 5.75 Å². The summed E-state index contributed by atoms with van der Waals surface area (Å²) >= 11 is 0. The molecule has 0 aliphatic carbocycles. The number of nitrogens with zero attached hydrogens (tertiary/aromatic N) is 2. The predicted molar refractivity (Wildman–Crippen MR) is 112 cm³/mol. The van der Waals surface area contributed by atoms with Crippen LogP contribution in [0, 0.1) is 5.82 Å². The second kappa shape index (κ2) is 8.35. The first-order chi connectivity index (χ1) is 14.4. The number of ether oxygens (including phenoxy) is 1. The van der Waals surface area contributed by atoms with E-state index in [1.165, 1.54) is 28.6 Å². The van der Waals surface area contributed by atoms with E-state index in [9.17, 15) is 17.6 Å². The van der Waals surface area contributed by atoms with Gasteiger partial charge in [-0.2, -0.15) is 4.31 Å². The quantitative estimate of drug-likeness (QED) is 0.727. The van der Waals surface area contributed by atoms with Crippen LogP contribution in [0.15, 0.2) is 47.4 Å². The van der Waals surface area contributed by atoms with Crippen LogP contribution in [0.3, 0.4) is 0 Å². The summed E-state index contributed by atoms with van der Waals surface area (Å²) in [5.74, 6) is -0.164. The molecule has 2 aliphatic rings. The molecule has 1 fully saturated rings. The monoisotopic (exact) mass is 432 g/mol. The molecule has 0 bridgehead atoms. The molecule has 6 nitrogen and oxygen atoms in total. The summed E-state index contributed by atoms with van der Waals surface area (Å²) in [6.07, 6.45) is 2.48. The van der Waals surface area contributed by atoms with Crippen molar-refractivity contribution in [2.24, 2.45) is 0 Å². The number of carbonyl (C=O) groups is 1. The van der Waals surface area contributed by atoms with Crippen LogP contribution in [0.2, 0.25) is 0 Å². The SMILES string of the molecule is C[C@@H](Oc1ccc(F)cc1)C(=O)N1CCCc2cc(S(=O)(=O)N3CCCC3)ccc21. The van der Waals surface area contributed by atoms with Gasteiger partial charge in [0.2, 0.25) is 10.0 Å². The Bertz CT molecular complexity index is 1030. The van der Waals surface area contributed by atoms with Gasteiger partial charge in [0, 0.05) is 25.3 Å². The molecule has 2 aromatic rings. The lowest BCUT2D eigenvalue weighted by atomic mass is 10.0. The van der Waals surface area contributed by atoms with Gasteiger partial charge in [-0.1, -0.05) is 0 Å². The first kappa shape index (κ1) is 20.8. The molecule has 1 amide bonds. The molecule has 8 heteroatoms. The number of carbonyl (C=O) groups excluding carboxylic acids is 1. The number of aryl methyl sites for hydroxylation is 1. The summed E-state index contributed by atoms with van der Waals surface area (Å²) in [7, 11) is -3.50. The van der Waals surface area contributed by atoms with Gasteiger partial charge >= 0.3 is 0 Å². The summed E-state index contributed by atoms with van der Waals surface area (Å²) in [5, 5.41) is 0. The fourth-order valence-electron chi connectivity index (χ4n) is 4.03. The van der Waals surface area contributed by atoms with Crippen LogP contribution in [0.5, 0.6) is 5.75 Å². The van der Waals surface area contributed by atoms with E-state index in [1.807, 2.05) is 0 Å². The molecule has 2 heterocycles. The van der Waals surface area contributed by atoms with Crippen LogP contribution in [-0.2, 0) is 21.2 Å². The predicted octanol–water partition coefficient (Wildman–Crippen LogP) is 3.36. The zero-order chi connectivity index (χ0) is 21.3. The van der Waals surface area contributed by atoms with Crippen molar-refractivity contribution in [3.05, 3.63) is 53.8 Å². The zero-order valence-electron chi connectivity index (χ0n) is 16.9. The Kier molecular flexibility index (Phi) is 5.79. The Hall–Kier alpha value is -2.45. The molecule has 1 saturated heterocycles. The van der Waals surface area contributed by atoms with Gasteiger partial charge in [-0.05, 0) is 80.6 Å². The normalized spacial score (nSPS) is 18.1. The molecule has 0 radical (unpaired) electrons. The summed E-state index contributed by atoms with van der Waals surface area (Å²) in [6.45, 7) is 3.32. The van der Waals surface area contributed by atoms with Crippen LogP contribution < -0.4 is 9.64 Å². The Balaban J connectivity index is 1.54.